The SMILES string of the molecule is Cc1ccc(C(=O)/C=C/c2ccc(-c3ccc([N+](=O)[O-])cc3Cl)o2)o1. The van der Waals surface area contributed by atoms with Crippen LogP contribution in [0.4, 0.5) is 5.69 Å². The van der Waals surface area contributed by atoms with Crippen molar-refractivity contribution in [3.05, 3.63) is 81.0 Å². The molecule has 3 rings (SSSR count). The van der Waals surface area contributed by atoms with E-state index in [1.165, 1.54) is 30.4 Å². The predicted octanol–water partition coefficient (Wildman–Crippen LogP) is 5.31. The number of aryl methyl sites for hydroxylation is 1. The van der Waals surface area contributed by atoms with E-state index in [1.54, 1.807) is 31.2 Å². The van der Waals surface area contributed by atoms with Crippen molar-refractivity contribution in [3.63, 3.8) is 0 Å². The Morgan fingerprint density at radius 1 is 1.16 bits per heavy atom. The fourth-order valence-electron chi connectivity index (χ4n) is 2.21. The van der Waals surface area contributed by atoms with Gasteiger partial charge in [-0.05, 0) is 49.4 Å². The number of carbonyl (C=O) groups is 1. The summed E-state index contributed by atoms with van der Waals surface area (Å²) in [5.41, 5.74) is 0.430. The molecule has 0 saturated carbocycles. The molecule has 1 aromatic carbocycles. The second-order valence-corrected chi connectivity index (χ2v) is 5.64. The first-order chi connectivity index (χ1) is 11.9. The van der Waals surface area contributed by atoms with E-state index in [9.17, 15) is 14.9 Å². The third-order valence-corrected chi connectivity index (χ3v) is 3.75. The number of ketones is 1. The van der Waals surface area contributed by atoms with Gasteiger partial charge in [-0.15, -0.1) is 0 Å². The molecule has 0 bridgehead atoms. The fourth-order valence-corrected chi connectivity index (χ4v) is 2.48. The molecule has 7 heteroatoms. The number of non-ortho nitro benzene ring substituents is 1. The summed E-state index contributed by atoms with van der Waals surface area (Å²) in [6.45, 7) is 1.76. The first-order valence-corrected chi connectivity index (χ1v) is 7.65. The second-order valence-electron chi connectivity index (χ2n) is 5.23. The lowest BCUT2D eigenvalue weighted by Crippen LogP contribution is -1.90. The van der Waals surface area contributed by atoms with Gasteiger partial charge in [0.15, 0.2) is 5.76 Å². The van der Waals surface area contributed by atoms with Crippen molar-refractivity contribution in [1.29, 1.82) is 0 Å². The lowest BCUT2D eigenvalue weighted by atomic mass is 10.1. The minimum absolute atomic E-state index is 0.0974. The summed E-state index contributed by atoms with van der Waals surface area (Å²) >= 11 is 6.08. The summed E-state index contributed by atoms with van der Waals surface area (Å²) in [7, 11) is 0. The Kier molecular flexibility index (Phi) is 4.54. The van der Waals surface area contributed by atoms with Crippen molar-refractivity contribution in [3.8, 4) is 11.3 Å². The smallest absolute Gasteiger partial charge is 0.270 e. The van der Waals surface area contributed by atoms with Gasteiger partial charge in [-0.2, -0.15) is 0 Å². The summed E-state index contributed by atoms with van der Waals surface area (Å²) in [6, 6.07) is 10.8. The molecule has 6 nitrogen and oxygen atoms in total. The number of furan rings is 2. The van der Waals surface area contributed by atoms with Gasteiger partial charge >= 0.3 is 0 Å². The van der Waals surface area contributed by atoms with Gasteiger partial charge < -0.3 is 8.83 Å². The van der Waals surface area contributed by atoms with Crippen LogP contribution in [-0.2, 0) is 0 Å². The lowest BCUT2D eigenvalue weighted by molar-refractivity contribution is -0.384. The van der Waals surface area contributed by atoms with Crippen LogP contribution in [-0.4, -0.2) is 10.7 Å². The van der Waals surface area contributed by atoms with Gasteiger partial charge in [-0.3, -0.25) is 14.9 Å². The molecule has 0 aliphatic heterocycles. The summed E-state index contributed by atoms with van der Waals surface area (Å²) in [6.07, 6.45) is 2.86. The van der Waals surface area contributed by atoms with E-state index in [1.807, 2.05) is 0 Å². The van der Waals surface area contributed by atoms with Gasteiger partial charge in [-0.1, -0.05) is 11.6 Å². The molecule has 0 atom stereocenters. The number of hydrogen-bond donors (Lipinski definition) is 0. The highest BCUT2D eigenvalue weighted by Crippen LogP contribution is 2.32. The first kappa shape index (κ1) is 16.7. The van der Waals surface area contributed by atoms with E-state index in [0.717, 1.165) is 0 Å². The Morgan fingerprint density at radius 3 is 2.60 bits per heavy atom. The second kappa shape index (κ2) is 6.78. The number of halogens is 1. The number of carbonyl (C=O) groups excluding carboxylic acids is 1. The van der Waals surface area contributed by atoms with Gasteiger partial charge in [0.1, 0.15) is 17.3 Å². The van der Waals surface area contributed by atoms with E-state index in [-0.39, 0.29) is 22.3 Å². The van der Waals surface area contributed by atoms with Crippen LogP contribution in [0.25, 0.3) is 17.4 Å². The number of benzene rings is 1. The van der Waals surface area contributed by atoms with E-state index in [4.69, 9.17) is 20.4 Å². The zero-order chi connectivity index (χ0) is 18.0. The molecule has 3 aromatic rings. The van der Waals surface area contributed by atoms with Crippen LogP contribution in [0.1, 0.15) is 22.1 Å². The van der Waals surface area contributed by atoms with Crippen LogP contribution >= 0.6 is 11.6 Å². The largest absolute Gasteiger partial charge is 0.458 e. The number of nitrogens with zero attached hydrogens (tertiary/aromatic N) is 1. The average Bonchev–Trinajstić information content (AvgIpc) is 3.21. The Bertz CT molecular complexity index is 983. The molecule has 0 N–H and O–H groups in total. The summed E-state index contributed by atoms with van der Waals surface area (Å²) < 4.78 is 10.9. The van der Waals surface area contributed by atoms with Crippen LogP contribution < -0.4 is 0 Å². The monoisotopic (exact) mass is 357 g/mol. The molecule has 0 amide bonds. The maximum atomic E-state index is 12.0. The topological polar surface area (TPSA) is 86.5 Å². The molecule has 0 spiro atoms. The molecule has 0 aliphatic carbocycles. The normalized spacial score (nSPS) is 11.1. The van der Waals surface area contributed by atoms with Crippen molar-refractivity contribution >= 4 is 29.1 Å². The van der Waals surface area contributed by atoms with E-state index < -0.39 is 4.92 Å². The third-order valence-electron chi connectivity index (χ3n) is 3.44. The quantitative estimate of drug-likeness (QED) is 0.267. The highest BCUT2D eigenvalue weighted by atomic mass is 35.5. The average molecular weight is 358 g/mol. The first-order valence-electron chi connectivity index (χ1n) is 7.27. The van der Waals surface area contributed by atoms with E-state index >= 15 is 0 Å². The summed E-state index contributed by atoms with van der Waals surface area (Å²) in [4.78, 5) is 22.2. The van der Waals surface area contributed by atoms with Crippen molar-refractivity contribution in [2.75, 3.05) is 0 Å². The van der Waals surface area contributed by atoms with Crippen molar-refractivity contribution in [1.82, 2.24) is 0 Å². The predicted molar refractivity (Wildman–Crippen MR) is 92.6 cm³/mol. The summed E-state index contributed by atoms with van der Waals surface area (Å²) in [5.74, 6) is 1.52. The zero-order valence-electron chi connectivity index (χ0n) is 13.1. The zero-order valence-corrected chi connectivity index (χ0v) is 13.8. The maximum absolute atomic E-state index is 12.0. The number of nitro groups is 1. The standard InChI is InChI=1S/C18H12ClNO5/c1-11-2-8-18(24-11)16(21)7-4-13-5-9-17(25-13)14-6-3-12(20(22)23)10-15(14)19/h2-10H,1H3/b7-4+. The molecule has 0 radical (unpaired) electrons. The fraction of sp³-hybridized carbons (Fsp3) is 0.0556. The van der Waals surface area contributed by atoms with Crippen molar-refractivity contribution in [2.24, 2.45) is 0 Å². The molecule has 2 heterocycles. The maximum Gasteiger partial charge on any atom is 0.270 e. The molecule has 0 unspecified atom stereocenters. The molecule has 2 aromatic heterocycles. The van der Waals surface area contributed by atoms with Gasteiger partial charge in [-0.25, -0.2) is 0 Å². The molecular weight excluding hydrogens is 346 g/mol. The molecule has 0 aliphatic rings. The summed E-state index contributed by atoms with van der Waals surface area (Å²) in [5, 5.41) is 11.0. The van der Waals surface area contributed by atoms with Gasteiger partial charge in [0.2, 0.25) is 5.78 Å². The lowest BCUT2D eigenvalue weighted by Gasteiger charge is -2.00. The van der Waals surface area contributed by atoms with Crippen LogP contribution in [0.2, 0.25) is 5.02 Å². The number of nitro benzene ring substituents is 1. The van der Waals surface area contributed by atoms with Crippen molar-refractivity contribution < 1.29 is 18.6 Å². The Labute approximate surface area is 147 Å². The molecule has 0 saturated heterocycles. The van der Waals surface area contributed by atoms with Crippen LogP contribution in [0.5, 0.6) is 0 Å². The highest BCUT2D eigenvalue weighted by Gasteiger charge is 2.13. The van der Waals surface area contributed by atoms with Gasteiger partial charge in [0.25, 0.3) is 5.69 Å². The number of rotatable bonds is 5. The van der Waals surface area contributed by atoms with E-state index in [2.05, 4.69) is 0 Å². The molecule has 25 heavy (non-hydrogen) atoms. The molecular formula is C18H12ClNO5. The third kappa shape index (κ3) is 3.70. The minimum atomic E-state index is -0.520. The number of hydrogen-bond acceptors (Lipinski definition) is 5. The molecule has 126 valence electrons. The van der Waals surface area contributed by atoms with E-state index in [0.29, 0.717) is 22.8 Å². The Morgan fingerprint density at radius 2 is 1.96 bits per heavy atom. The van der Waals surface area contributed by atoms with Gasteiger partial charge in [0, 0.05) is 17.7 Å². The molecule has 0 fully saturated rings. The Balaban J connectivity index is 1.79. The van der Waals surface area contributed by atoms with Crippen molar-refractivity contribution in [2.45, 2.75) is 6.92 Å². The highest BCUT2D eigenvalue weighted by molar-refractivity contribution is 6.33. The van der Waals surface area contributed by atoms with Crippen LogP contribution in [0, 0.1) is 17.0 Å². The van der Waals surface area contributed by atoms with Crippen LogP contribution in [0.15, 0.2) is 57.4 Å². The Hall–Kier alpha value is -3.12. The minimum Gasteiger partial charge on any atom is -0.458 e. The van der Waals surface area contributed by atoms with Gasteiger partial charge in [0.05, 0.1) is 9.95 Å². The number of allylic oxidation sites excluding steroid dienone is 1. The van der Waals surface area contributed by atoms with Crippen LogP contribution in [0.3, 0.4) is 0 Å².